The highest BCUT2D eigenvalue weighted by Crippen LogP contribution is 2.17. The van der Waals surface area contributed by atoms with Crippen molar-refractivity contribution in [3.05, 3.63) is 34.6 Å². The van der Waals surface area contributed by atoms with Crippen LogP contribution in [0.1, 0.15) is 16.7 Å². The van der Waals surface area contributed by atoms with Crippen molar-refractivity contribution in [3.63, 3.8) is 0 Å². The minimum atomic E-state index is -0.935. The molecule has 0 spiro atoms. The first-order valence-corrected chi connectivity index (χ1v) is 5.32. The summed E-state index contributed by atoms with van der Waals surface area (Å²) in [5, 5.41) is 1.90. The van der Waals surface area contributed by atoms with E-state index in [2.05, 4.69) is 0 Å². The lowest BCUT2D eigenvalue weighted by atomic mass is 10.1. The predicted octanol–water partition coefficient (Wildman–Crippen LogP) is 1.02. The SMILES string of the molecule is Cc1cc(CN2C(=O)NC(=O)C2=O)cc(C)c1F. The number of halogens is 1. The molecule has 1 saturated heterocycles. The molecule has 94 valence electrons. The average molecular weight is 250 g/mol. The second-order valence-corrected chi connectivity index (χ2v) is 4.19. The Morgan fingerprint density at radius 2 is 1.72 bits per heavy atom. The third-order valence-corrected chi connectivity index (χ3v) is 2.74. The van der Waals surface area contributed by atoms with Gasteiger partial charge in [-0.05, 0) is 30.5 Å². The quantitative estimate of drug-likeness (QED) is 0.629. The van der Waals surface area contributed by atoms with Crippen molar-refractivity contribution >= 4 is 17.8 Å². The zero-order valence-electron chi connectivity index (χ0n) is 9.91. The Bertz CT molecular complexity index is 545. The molecule has 1 aromatic carbocycles. The van der Waals surface area contributed by atoms with Crippen molar-refractivity contribution in [2.24, 2.45) is 0 Å². The maximum absolute atomic E-state index is 13.4. The molecule has 18 heavy (non-hydrogen) atoms. The highest BCUT2D eigenvalue weighted by molar-refractivity contribution is 6.44. The van der Waals surface area contributed by atoms with Crippen LogP contribution in [0.25, 0.3) is 0 Å². The minimum absolute atomic E-state index is 0.0433. The Hall–Kier alpha value is -2.24. The van der Waals surface area contributed by atoms with Crippen LogP contribution in [0, 0.1) is 19.7 Å². The number of benzene rings is 1. The van der Waals surface area contributed by atoms with Gasteiger partial charge >= 0.3 is 17.8 Å². The monoisotopic (exact) mass is 250 g/mol. The van der Waals surface area contributed by atoms with E-state index in [1.54, 1.807) is 26.0 Å². The fraction of sp³-hybridized carbons (Fsp3) is 0.250. The summed E-state index contributed by atoms with van der Waals surface area (Å²) in [4.78, 5) is 34.5. The van der Waals surface area contributed by atoms with Gasteiger partial charge in [0, 0.05) is 0 Å². The first kappa shape index (κ1) is 12.2. The number of hydrogen-bond donors (Lipinski definition) is 1. The molecule has 0 aromatic heterocycles. The Labute approximate surface area is 103 Å². The number of imide groups is 2. The van der Waals surface area contributed by atoms with Gasteiger partial charge in [0.1, 0.15) is 5.82 Å². The molecule has 0 bridgehead atoms. The first-order valence-electron chi connectivity index (χ1n) is 5.32. The van der Waals surface area contributed by atoms with Crippen LogP contribution in [0.5, 0.6) is 0 Å². The third kappa shape index (κ3) is 1.97. The maximum Gasteiger partial charge on any atom is 0.331 e. The van der Waals surface area contributed by atoms with Crippen LogP contribution in [-0.4, -0.2) is 22.7 Å². The molecule has 4 amide bonds. The summed E-state index contributed by atoms with van der Waals surface area (Å²) in [6.45, 7) is 3.16. The molecule has 1 N–H and O–H groups in total. The molecule has 0 aliphatic carbocycles. The Balaban J connectivity index is 2.27. The molecular formula is C12H11FN2O3. The number of hydrogen-bond acceptors (Lipinski definition) is 3. The summed E-state index contributed by atoms with van der Waals surface area (Å²) in [5.41, 5.74) is 1.47. The van der Waals surface area contributed by atoms with Crippen molar-refractivity contribution in [1.29, 1.82) is 0 Å². The van der Waals surface area contributed by atoms with Gasteiger partial charge in [0.15, 0.2) is 0 Å². The zero-order chi connectivity index (χ0) is 13.4. The van der Waals surface area contributed by atoms with Gasteiger partial charge in [-0.1, -0.05) is 12.1 Å². The molecule has 1 aromatic rings. The van der Waals surface area contributed by atoms with E-state index >= 15 is 0 Å². The number of carbonyl (C=O) groups excluding carboxylic acids is 3. The second-order valence-electron chi connectivity index (χ2n) is 4.19. The molecule has 0 atom stereocenters. The van der Waals surface area contributed by atoms with E-state index in [0.29, 0.717) is 16.7 Å². The molecule has 0 radical (unpaired) electrons. The van der Waals surface area contributed by atoms with Crippen molar-refractivity contribution in [2.45, 2.75) is 20.4 Å². The van der Waals surface area contributed by atoms with Crippen molar-refractivity contribution < 1.29 is 18.8 Å². The first-order chi connectivity index (χ1) is 8.40. The number of nitrogens with zero attached hydrogens (tertiary/aromatic N) is 1. The van der Waals surface area contributed by atoms with E-state index in [-0.39, 0.29) is 12.4 Å². The molecule has 1 fully saturated rings. The van der Waals surface area contributed by atoms with Gasteiger partial charge in [0.05, 0.1) is 6.54 Å². The second kappa shape index (κ2) is 4.21. The number of amides is 4. The van der Waals surface area contributed by atoms with Gasteiger partial charge < -0.3 is 0 Å². The van der Waals surface area contributed by atoms with Crippen LogP contribution in [-0.2, 0) is 16.1 Å². The van der Waals surface area contributed by atoms with Gasteiger partial charge in [0.25, 0.3) is 0 Å². The van der Waals surface area contributed by atoms with E-state index in [1.165, 1.54) is 0 Å². The highest BCUT2D eigenvalue weighted by atomic mass is 19.1. The fourth-order valence-electron chi connectivity index (χ4n) is 1.89. The molecule has 1 heterocycles. The largest absolute Gasteiger partial charge is 0.331 e. The molecule has 1 aliphatic rings. The standard InChI is InChI=1S/C12H11FN2O3/c1-6-3-8(4-7(2)9(6)13)5-15-11(17)10(16)14-12(15)18/h3-4H,5H2,1-2H3,(H,14,16,18). The topological polar surface area (TPSA) is 66.5 Å². The summed E-state index contributed by atoms with van der Waals surface area (Å²) >= 11 is 0. The van der Waals surface area contributed by atoms with Crippen LogP contribution in [0.2, 0.25) is 0 Å². The third-order valence-electron chi connectivity index (χ3n) is 2.74. The fourth-order valence-corrected chi connectivity index (χ4v) is 1.89. The lowest BCUT2D eigenvalue weighted by Crippen LogP contribution is -2.30. The molecule has 5 nitrogen and oxygen atoms in total. The molecule has 2 rings (SSSR count). The normalized spacial score (nSPS) is 15.3. The smallest absolute Gasteiger partial charge is 0.269 e. The summed E-state index contributed by atoms with van der Waals surface area (Å²) in [6.07, 6.45) is 0. The van der Waals surface area contributed by atoms with Crippen LogP contribution < -0.4 is 5.32 Å². The predicted molar refractivity (Wildman–Crippen MR) is 60.0 cm³/mol. The molecule has 1 aliphatic heterocycles. The number of urea groups is 1. The lowest BCUT2D eigenvalue weighted by Gasteiger charge is -2.13. The van der Waals surface area contributed by atoms with Gasteiger partial charge in [0.2, 0.25) is 0 Å². The van der Waals surface area contributed by atoms with Gasteiger partial charge in [-0.2, -0.15) is 0 Å². The summed E-state index contributed by atoms with van der Waals surface area (Å²) < 4.78 is 13.4. The highest BCUT2D eigenvalue weighted by Gasteiger charge is 2.36. The average Bonchev–Trinajstić information content (AvgIpc) is 2.53. The summed E-state index contributed by atoms with van der Waals surface area (Å²) in [6, 6.07) is 2.35. The summed E-state index contributed by atoms with van der Waals surface area (Å²) in [5.74, 6) is -2.14. The molecule has 6 heteroatoms. The van der Waals surface area contributed by atoms with Gasteiger partial charge in [-0.3, -0.25) is 19.8 Å². The summed E-state index contributed by atoms with van der Waals surface area (Å²) in [7, 11) is 0. The number of rotatable bonds is 2. The van der Waals surface area contributed by atoms with Crippen molar-refractivity contribution in [3.8, 4) is 0 Å². The number of aryl methyl sites for hydroxylation is 2. The molecule has 0 unspecified atom stereocenters. The van der Waals surface area contributed by atoms with Gasteiger partial charge in [-0.25, -0.2) is 9.18 Å². The number of carbonyl (C=O) groups is 3. The van der Waals surface area contributed by atoms with E-state index in [9.17, 15) is 18.8 Å². The van der Waals surface area contributed by atoms with E-state index < -0.39 is 17.8 Å². The Kier molecular flexibility index (Phi) is 2.86. The lowest BCUT2D eigenvalue weighted by molar-refractivity contribution is -0.140. The Morgan fingerprint density at radius 3 is 2.17 bits per heavy atom. The Morgan fingerprint density at radius 1 is 1.17 bits per heavy atom. The van der Waals surface area contributed by atoms with Crippen LogP contribution in [0.15, 0.2) is 12.1 Å². The van der Waals surface area contributed by atoms with E-state index in [1.807, 2.05) is 5.32 Å². The molecular weight excluding hydrogens is 239 g/mol. The van der Waals surface area contributed by atoms with Crippen molar-refractivity contribution in [1.82, 2.24) is 10.2 Å². The zero-order valence-corrected chi connectivity index (χ0v) is 9.91. The van der Waals surface area contributed by atoms with E-state index in [0.717, 1.165) is 4.90 Å². The maximum atomic E-state index is 13.4. The molecule has 0 saturated carbocycles. The van der Waals surface area contributed by atoms with E-state index in [4.69, 9.17) is 0 Å². The number of nitrogens with one attached hydrogen (secondary N) is 1. The van der Waals surface area contributed by atoms with Crippen LogP contribution in [0.4, 0.5) is 9.18 Å². The minimum Gasteiger partial charge on any atom is -0.269 e. The van der Waals surface area contributed by atoms with Crippen molar-refractivity contribution in [2.75, 3.05) is 0 Å². The van der Waals surface area contributed by atoms with Crippen LogP contribution >= 0.6 is 0 Å². The van der Waals surface area contributed by atoms with Gasteiger partial charge in [-0.15, -0.1) is 0 Å². The van der Waals surface area contributed by atoms with Crippen LogP contribution in [0.3, 0.4) is 0 Å².